The highest BCUT2D eigenvalue weighted by Gasteiger charge is 2.27. The second kappa shape index (κ2) is 6.37. The number of hydrogen-bond acceptors (Lipinski definition) is 3. The molecule has 19 heavy (non-hydrogen) atoms. The van der Waals surface area contributed by atoms with Gasteiger partial charge in [-0.1, -0.05) is 0 Å². The zero-order valence-corrected chi connectivity index (χ0v) is 12.5. The third-order valence-electron chi connectivity index (χ3n) is 3.39. The van der Waals surface area contributed by atoms with E-state index in [-0.39, 0.29) is 29.3 Å². The summed E-state index contributed by atoms with van der Waals surface area (Å²) in [5, 5.41) is 5.66. The molecule has 0 bridgehead atoms. The van der Waals surface area contributed by atoms with E-state index in [9.17, 15) is 9.59 Å². The second-order valence-corrected chi connectivity index (χ2v) is 6.58. The molecule has 110 valence electrons. The van der Waals surface area contributed by atoms with Crippen molar-refractivity contribution in [1.29, 1.82) is 0 Å². The monoisotopic (exact) mass is 269 g/mol. The van der Waals surface area contributed by atoms with Gasteiger partial charge in [-0.2, -0.15) is 0 Å². The third-order valence-corrected chi connectivity index (χ3v) is 3.39. The van der Waals surface area contributed by atoms with Crippen LogP contribution in [0.2, 0.25) is 0 Å². The number of rotatable bonds is 3. The fraction of sp³-hybridized carbons (Fsp3) is 0.857. The fourth-order valence-electron chi connectivity index (χ4n) is 2.26. The van der Waals surface area contributed by atoms with Gasteiger partial charge in [0.05, 0.1) is 0 Å². The maximum absolute atomic E-state index is 12.1. The third kappa shape index (κ3) is 5.59. The lowest BCUT2D eigenvalue weighted by Crippen LogP contribution is -2.52. The number of carbonyl (C=O) groups excluding carboxylic acids is 2. The molecule has 2 amide bonds. The first-order chi connectivity index (χ1) is 8.69. The van der Waals surface area contributed by atoms with Gasteiger partial charge in [-0.15, -0.1) is 0 Å². The molecule has 0 heterocycles. The molecule has 1 unspecified atom stereocenters. The molecular formula is C14H27N3O2. The second-order valence-electron chi connectivity index (χ2n) is 6.58. The largest absolute Gasteiger partial charge is 0.350 e. The summed E-state index contributed by atoms with van der Waals surface area (Å²) in [6.07, 6.45) is 3.42. The molecule has 1 rings (SSSR count). The lowest BCUT2D eigenvalue weighted by Gasteiger charge is -2.27. The van der Waals surface area contributed by atoms with Gasteiger partial charge in [0, 0.05) is 17.5 Å². The Morgan fingerprint density at radius 3 is 2.16 bits per heavy atom. The molecule has 1 aliphatic carbocycles. The van der Waals surface area contributed by atoms with Crippen LogP contribution >= 0.6 is 0 Å². The van der Waals surface area contributed by atoms with Crippen molar-refractivity contribution in [2.75, 3.05) is 0 Å². The van der Waals surface area contributed by atoms with E-state index in [1.807, 2.05) is 20.8 Å². The normalized spacial score (nSPS) is 25.5. The summed E-state index contributed by atoms with van der Waals surface area (Å²) in [6, 6.07) is -0.270. The van der Waals surface area contributed by atoms with E-state index < -0.39 is 6.04 Å². The molecule has 1 atom stereocenters. The molecule has 0 aromatic carbocycles. The number of nitrogens with one attached hydrogen (secondary N) is 2. The van der Waals surface area contributed by atoms with E-state index in [1.54, 1.807) is 6.92 Å². The molecule has 5 nitrogen and oxygen atoms in total. The first-order valence-corrected chi connectivity index (χ1v) is 7.07. The average Bonchev–Trinajstić information content (AvgIpc) is 2.27. The summed E-state index contributed by atoms with van der Waals surface area (Å²) < 4.78 is 0. The van der Waals surface area contributed by atoms with Crippen LogP contribution in [0, 0.1) is 5.92 Å². The highest BCUT2D eigenvalue weighted by molar-refractivity contribution is 5.88. The summed E-state index contributed by atoms with van der Waals surface area (Å²) in [5.74, 6) is -0.165. The first-order valence-electron chi connectivity index (χ1n) is 7.07. The summed E-state index contributed by atoms with van der Waals surface area (Å²) >= 11 is 0. The molecule has 1 aliphatic rings. The highest BCUT2D eigenvalue weighted by Crippen LogP contribution is 2.23. The molecule has 0 aromatic heterocycles. The van der Waals surface area contributed by atoms with Crippen LogP contribution in [0.15, 0.2) is 0 Å². The Hall–Kier alpha value is -1.10. The van der Waals surface area contributed by atoms with Crippen LogP contribution in [-0.2, 0) is 9.59 Å². The van der Waals surface area contributed by atoms with Gasteiger partial charge in [-0.25, -0.2) is 0 Å². The minimum atomic E-state index is -0.498. The number of amides is 2. The Morgan fingerprint density at radius 2 is 1.68 bits per heavy atom. The summed E-state index contributed by atoms with van der Waals surface area (Å²) in [7, 11) is 0. The van der Waals surface area contributed by atoms with Crippen molar-refractivity contribution in [2.24, 2.45) is 11.7 Å². The van der Waals surface area contributed by atoms with E-state index in [4.69, 9.17) is 5.73 Å². The molecule has 4 N–H and O–H groups in total. The Bertz CT molecular complexity index is 328. The molecule has 5 heteroatoms. The van der Waals surface area contributed by atoms with E-state index >= 15 is 0 Å². The van der Waals surface area contributed by atoms with E-state index in [2.05, 4.69) is 10.6 Å². The molecule has 0 spiro atoms. The minimum absolute atomic E-state index is 0.00434. The predicted octanol–water partition coefficient (Wildman–Crippen LogP) is 0.923. The SMILES string of the molecule is CC(NC(=O)C1CCC(N)CC1)C(=O)NC(C)(C)C. The number of carbonyl (C=O) groups is 2. The van der Waals surface area contributed by atoms with Crippen molar-refractivity contribution >= 4 is 11.8 Å². The molecule has 1 saturated carbocycles. The van der Waals surface area contributed by atoms with Gasteiger partial charge in [0.15, 0.2) is 0 Å². The topological polar surface area (TPSA) is 84.2 Å². The van der Waals surface area contributed by atoms with Gasteiger partial charge in [-0.3, -0.25) is 9.59 Å². The summed E-state index contributed by atoms with van der Waals surface area (Å²) in [5.41, 5.74) is 5.54. The van der Waals surface area contributed by atoms with Crippen LogP contribution < -0.4 is 16.4 Å². The van der Waals surface area contributed by atoms with Crippen LogP contribution in [-0.4, -0.2) is 29.4 Å². The van der Waals surface area contributed by atoms with E-state index in [1.165, 1.54) is 0 Å². The smallest absolute Gasteiger partial charge is 0.242 e. The fourth-order valence-corrected chi connectivity index (χ4v) is 2.26. The minimum Gasteiger partial charge on any atom is -0.350 e. The Labute approximate surface area is 115 Å². The Kier molecular flexibility index (Phi) is 5.35. The van der Waals surface area contributed by atoms with Crippen LogP contribution in [0.1, 0.15) is 53.4 Å². The molecule has 1 fully saturated rings. The average molecular weight is 269 g/mol. The van der Waals surface area contributed by atoms with Crippen molar-refractivity contribution in [2.45, 2.75) is 71.0 Å². The van der Waals surface area contributed by atoms with Crippen molar-refractivity contribution in [1.82, 2.24) is 10.6 Å². The first kappa shape index (κ1) is 16.0. The molecule has 0 aromatic rings. The predicted molar refractivity (Wildman–Crippen MR) is 75.4 cm³/mol. The maximum Gasteiger partial charge on any atom is 0.242 e. The van der Waals surface area contributed by atoms with Crippen molar-refractivity contribution in [3.8, 4) is 0 Å². The van der Waals surface area contributed by atoms with Crippen LogP contribution in [0.25, 0.3) is 0 Å². The lowest BCUT2D eigenvalue weighted by molar-refractivity contribution is -0.132. The van der Waals surface area contributed by atoms with Gasteiger partial charge in [0.2, 0.25) is 11.8 Å². The Balaban J connectivity index is 2.41. The van der Waals surface area contributed by atoms with E-state index in [0.29, 0.717) is 0 Å². The van der Waals surface area contributed by atoms with Crippen LogP contribution in [0.3, 0.4) is 0 Å². The van der Waals surface area contributed by atoms with Gasteiger partial charge in [0.1, 0.15) is 6.04 Å². The van der Waals surface area contributed by atoms with Crippen LogP contribution in [0.5, 0.6) is 0 Å². The Morgan fingerprint density at radius 1 is 1.16 bits per heavy atom. The standard InChI is InChI=1S/C14H27N3O2/c1-9(12(18)17-14(2,3)4)16-13(19)10-5-7-11(15)8-6-10/h9-11H,5-8,15H2,1-4H3,(H,16,19)(H,17,18). The van der Waals surface area contributed by atoms with Gasteiger partial charge >= 0.3 is 0 Å². The zero-order chi connectivity index (χ0) is 14.6. The van der Waals surface area contributed by atoms with Crippen LogP contribution in [0.4, 0.5) is 0 Å². The maximum atomic E-state index is 12.1. The quantitative estimate of drug-likeness (QED) is 0.712. The van der Waals surface area contributed by atoms with Crippen molar-refractivity contribution in [3.63, 3.8) is 0 Å². The molecule has 0 aliphatic heterocycles. The van der Waals surface area contributed by atoms with Crippen molar-refractivity contribution < 1.29 is 9.59 Å². The highest BCUT2D eigenvalue weighted by atomic mass is 16.2. The molecule has 0 saturated heterocycles. The molecule has 0 radical (unpaired) electrons. The number of nitrogens with two attached hydrogens (primary N) is 1. The van der Waals surface area contributed by atoms with Gasteiger partial charge in [0.25, 0.3) is 0 Å². The molecular weight excluding hydrogens is 242 g/mol. The lowest BCUT2D eigenvalue weighted by atomic mass is 9.86. The summed E-state index contributed by atoms with van der Waals surface area (Å²) in [6.45, 7) is 7.47. The van der Waals surface area contributed by atoms with E-state index in [0.717, 1.165) is 25.7 Å². The number of hydrogen-bond donors (Lipinski definition) is 3. The van der Waals surface area contributed by atoms with Gasteiger partial charge < -0.3 is 16.4 Å². The zero-order valence-electron chi connectivity index (χ0n) is 12.5. The summed E-state index contributed by atoms with van der Waals surface area (Å²) in [4.78, 5) is 23.9. The van der Waals surface area contributed by atoms with Gasteiger partial charge in [-0.05, 0) is 53.4 Å². The van der Waals surface area contributed by atoms with Crippen molar-refractivity contribution in [3.05, 3.63) is 0 Å².